The normalized spacial score (nSPS) is 21.6. The molecule has 1 atom stereocenters. The average molecular weight is 246 g/mol. The highest BCUT2D eigenvalue weighted by Gasteiger charge is 2.23. The van der Waals surface area contributed by atoms with Crippen LogP contribution in [0.15, 0.2) is 24.3 Å². The summed E-state index contributed by atoms with van der Waals surface area (Å²) in [5.41, 5.74) is 2.73. The van der Waals surface area contributed by atoms with Gasteiger partial charge in [0.15, 0.2) is 0 Å². The number of piperazine rings is 1. The van der Waals surface area contributed by atoms with Gasteiger partial charge in [0, 0.05) is 37.9 Å². The Bertz CT molecular complexity index is 386. The standard InChI is InChI=1S/C16H26N2/c1-13(2)11-17-8-9-18(15(4)12-17)16-7-5-6-14(3)10-16/h5-7,10,13,15H,8-9,11-12H2,1-4H3. The number of hydrogen-bond donors (Lipinski definition) is 0. The maximum atomic E-state index is 2.60. The quantitative estimate of drug-likeness (QED) is 0.808. The second-order valence-electron chi connectivity index (χ2n) is 6.03. The van der Waals surface area contributed by atoms with E-state index in [0.29, 0.717) is 6.04 Å². The van der Waals surface area contributed by atoms with Crippen molar-refractivity contribution in [2.75, 3.05) is 31.1 Å². The zero-order chi connectivity index (χ0) is 13.1. The molecule has 1 aliphatic heterocycles. The van der Waals surface area contributed by atoms with E-state index < -0.39 is 0 Å². The highest BCUT2D eigenvalue weighted by atomic mass is 15.3. The van der Waals surface area contributed by atoms with Crippen LogP contribution in [0.2, 0.25) is 0 Å². The summed E-state index contributed by atoms with van der Waals surface area (Å²) in [6.45, 7) is 13.9. The maximum Gasteiger partial charge on any atom is 0.0389 e. The van der Waals surface area contributed by atoms with Crippen molar-refractivity contribution in [3.63, 3.8) is 0 Å². The van der Waals surface area contributed by atoms with Gasteiger partial charge in [-0.2, -0.15) is 0 Å². The summed E-state index contributed by atoms with van der Waals surface area (Å²) in [6, 6.07) is 9.48. The van der Waals surface area contributed by atoms with Crippen LogP contribution in [0, 0.1) is 12.8 Å². The second kappa shape index (κ2) is 5.75. The lowest BCUT2D eigenvalue weighted by atomic mass is 10.1. The van der Waals surface area contributed by atoms with Gasteiger partial charge in [0.05, 0.1) is 0 Å². The Kier molecular flexibility index (Phi) is 4.28. The zero-order valence-electron chi connectivity index (χ0n) is 12.2. The van der Waals surface area contributed by atoms with Crippen LogP contribution < -0.4 is 4.90 Å². The molecule has 0 spiro atoms. The molecular weight excluding hydrogens is 220 g/mol. The second-order valence-corrected chi connectivity index (χ2v) is 6.03. The lowest BCUT2D eigenvalue weighted by Crippen LogP contribution is -2.52. The van der Waals surface area contributed by atoms with E-state index in [-0.39, 0.29) is 0 Å². The van der Waals surface area contributed by atoms with Crippen molar-refractivity contribution in [2.45, 2.75) is 33.7 Å². The molecule has 1 saturated heterocycles. The molecule has 100 valence electrons. The third kappa shape index (κ3) is 3.26. The van der Waals surface area contributed by atoms with Crippen molar-refractivity contribution in [2.24, 2.45) is 5.92 Å². The smallest absolute Gasteiger partial charge is 0.0389 e. The van der Waals surface area contributed by atoms with Gasteiger partial charge in [-0.25, -0.2) is 0 Å². The van der Waals surface area contributed by atoms with E-state index in [1.54, 1.807) is 0 Å². The first-order chi connectivity index (χ1) is 8.56. The number of benzene rings is 1. The lowest BCUT2D eigenvalue weighted by Gasteiger charge is -2.42. The van der Waals surface area contributed by atoms with Gasteiger partial charge in [0.25, 0.3) is 0 Å². The van der Waals surface area contributed by atoms with Crippen molar-refractivity contribution < 1.29 is 0 Å². The van der Waals surface area contributed by atoms with Crippen LogP contribution in [-0.2, 0) is 0 Å². The predicted molar refractivity (Wildman–Crippen MR) is 79.3 cm³/mol. The highest BCUT2D eigenvalue weighted by molar-refractivity contribution is 5.49. The molecule has 1 aromatic carbocycles. The van der Waals surface area contributed by atoms with E-state index in [0.717, 1.165) is 12.5 Å². The molecule has 1 fully saturated rings. The largest absolute Gasteiger partial charge is 0.366 e. The topological polar surface area (TPSA) is 6.48 Å². The van der Waals surface area contributed by atoms with Crippen LogP contribution in [0.3, 0.4) is 0 Å². The lowest BCUT2D eigenvalue weighted by molar-refractivity contribution is 0.206. The fourth-order valence-electron chi connectivity index (χ4n) is 2.91. The Morgan fingerprint density at radius 2 is 2.06 bits per heavy atom. The fraction of sp³-hybridized carbons (Fsp3) is 0.625. The molecule has 0 amide bonds. The summed E-state index contributed by atoms with van der Waals surface area (Å²) in [5.74, 6) is 0.766. The molecule has 0 bridgehead atoms. The van der Waals surface area contributed by atoms with Gasteiger partial charge in [0.2, 0.25) is 0 Å². The molecule has 1 aromatic rings. The van der Waals surface area contributed by atoms with Gasteiger partial charge in [-0.3, -0.25) is 4.90 Å². The Labute approximate surface area is 112 Å². The highest BCUT2D eigenvalue weighted by Crippen LogP contribution is 2.21. The van der Waals surface area contributed by atoms with E-state index in [2.05, 4.69) is 61.8 Å². The summed E-state index contributed by atoms with van der Waals surface area (Å²) in [7, 11) is 0. The van der Waals surface area contributed by atoms with Crippen LogP contribution in [0.1, 0.15) is 26.3 Å². The van der Waals surface area contributed by atoms with E-state index in [9.17, 15) is 0 Å². The molecular formula is C16H26N2. The minimum absolute atomic E-state index is 0.610. The van der Waals surface area contributed by atoms with Crippen molar-refractivity contribution in [3.8, 4) is 0 Å². The van der Waals surface area contributed by atoms with Gasteiger partial charge >= 0.3 is 0 Å². The predicted octanol–water partition coefficient (Wildman–Crippen LogP) is 3.16. The number of nitrogens with zero attached hydrogens (tertiary/aromatic N) is 2. The minimum Gasteiger partial charge on any atom is -0.366 e. The van der Waals surface area contributed by atoms with E-state index in [1.807, 2.05) is 0 Å². The first-order valence-corrected chi connectivity index (χ1v) is 7.12. The molecule has 0 radical (unpaired) electrons. The van der Waals surface area contributed by atoms with Crippen LogP contribution >= 0.6 is 0 Å². The van der Waals surface area contributed by atoms with Crippen molar-refractivity contribution in [1.82, 2.24) is 4.90 Å². The molecule has 1 aliphatic rings. The number of anilines is 1. The number of aryl methyl sites for hydroxylation is 1. The molecule has 1 heterocycles. The summed E-state index contributed by atoms with van der Waals surface area (Å²) in [5, 5.41) is 0. The molecule has 1 unspecified atom stereocenters. The number of hydrogen-bond acceptors (Lipinski definition) is 2. The van der Waals surface area contributed by atoms with Crippen molar-refractivity contribution in [1.29, 1.82) is 0 Å². The van der Waals surface area contributed by atoms with Gasteiger partial charge in [-0.15, -0.1) is 0 Å². The van der Waals surface area contributed by atoms with Gasteiger partial charge in [-0.1, -0.05) is 26.0 Å². The Balaban J connectivity index is 2.01. The van der Waals surface area contributed by atoms with E-state index in [4.69, 9.17) is 0 Å². The Morgan fingerprint density at radius 3 is 2.67 bits per heavy atom. The van der Waals surface area contributed by atoms with E-state index >= 15 is 0 Å². The van der Waals surface area contributed by atoms with Crippen molar-refractivity contribution >= 4 is 5.69 Å². The van der Waals surface area contributed by atoms with Crippen LogP contribution in [0.5, 0.6) is 0 Å². The first-order valence-electron chi connectivity index (χ1n) is 7.12. The SMILES string of the molecule is Cc1cccc(N2CCN(CC(C)C)CC2C)c1. The first kappa shape index (κ1) is 13.4. The summed E-state index contributed by atoms with van der Waals surface area (Å²) < 4.78 is 0. The summed E-state index contributed by atoms with van der Waals surface area (Å²) in [4.78, 5) is 5.14. The molecule has 2 heteroatoms. The van der Waals surface area contributed by atoms with E-state index in [1.165, 1.54) is 30.9 Å². The molecule has 18 heavy (non-hydrogen) atoms. The molecule has 0 saturated carbocycles. The maximum absolute atomic E-state index is 2.60. The van der Waals surface area contributed by atoms with Crippen LogP contribution in [0.4, 0.5) is 5.69 Å². The Morgan fingerprint density at radius 1 is 1.28 bits per heavy atom. The van der Waals surface area contributed by atoms with Crippen LogP contribution in [-0.4, -0.2) is 37.1 Å². The van der Waals surface area contributed by atoms with Gasteiger partial charge in [0.1, 0.15) is 0 Å². The van der Waals surface area contributed by atoms with Gasteiger partial charge in [-0.05, 0) is 37.5 Å². The van der Waals surface area contributed by atoms with Gasteiger partial charge < -0.3 is 4.90 Å². The minimum atomic E-state index is 0.610. The zero-order valence-corrected chi connectivity index (χ0v) is 12.2. The van der Waals surface area contributed by atoms with Crippen molar-refractivity contribution in [3.05, 3.63) is 29.8 Å². The molecule has 2 rings (SSSR count). The average Bonchev–Trinajstić information content (AvgIpc) is 2.28. The third-order valence-electron chi connectivity index (χ3n) is 3.67. The molecule has 0 aliphatic carbocycles. The monoisotopic (exact) mass is 246 g/mol. The summed E-state index contributed by atoms with van der Waals surface area (Å²) in [6.07, 6.45) is 0. The molecule has 0 aromatic heterocycles. The summed E-state index contributed by atoms with van der Waals surface area (Å²) >= 11 is 0. The third-order valence-corrected chi connectivity index (χ3v) is 3.67. The van der Waals surface area contributed by atoms with Crippen LogP contribution in [0.25, 0.3) is 0 Å². The fourth-order valence-corrected chi connectivity index (χ4v) is 2.91. The molecule has 2 nitrogen and oxygen atoms in total. The number of rotatable bonds is 3. The Hall–Kier alpha value is -1.02. The molecule has 0 N–H and O–H groups in total.